The molecule has 0 spiro atoms. The van der Waals surface area contributed by atoms with Gasteiger partial charge in [-0.15, -0.1) is 11.3 Å². The minimum absolute atomic E-state index is 0.0723. The molecule has 1 aromatic rings. The third kappa shape index (κ3) is 3.02. The molecule has 0 saturated carbocycles. The number of halogens is 1. The van der Waals surface area contributed by atoms with Crippen molar-refractivity contribution in [3.63, 3.8) is 0 Å². The Labute approximate surface area is 128 Å². The van der Waals surface area contributed by atoms with Crippen molar-refractivity contribution in [1.82, 2.24) is 4.90 Å². The van der Waals surface area contributed by atoms with Crippen molar-refractivity contribution in [1.29, 1.82) is 0 Å². The first kappa shape index (κ1) is 15.8. The van der Waals surface area contributed by atoms with E-state index in [9.17, 15) is 13.2 Å². The maximum atomic E-state index is 12.6. The zero-order valence-electron chi connectivity index (χ0n) is 11.6. The first-order chi connectivity index (χ1) is 9.36. The second-order valence-electron chi connectivity index (χ2n) is 5.06. The molecule has 1 fully saturated rings. The van der Waals surface area contributed by atoms with Crippen molar-refractivity contribution in [3.8, 4) is 0 Å². The van der Waals surface area contributed by atoms with E-state index in [2.05, 4.69) is 6.92 Å². The normalized spacial score (nSPS) is 20.1. The monoisotopic (exact) mass is 335 g/mol. The molecule has 4 nitrogen and oxygen atoms in total. The molecule has 2 heterocycles. The largest absolute Gasteiger partial charge is 0.336 e. The number of rotatable bonds is 3. The van der Waals surface area contributed by atoms with Gasteiger partial charge in [0.2, 0.25) is 0 Å². The van der Waals surface area contributed by atoms with Crippen molar-refractivity contribution >= 4 is 37.0 Å². The minimum Gasteiger partial charge on any atom is -0.336 e. The smallest absolute Gasteiger partial charge is 0.271 e. The van der Waals surface area contributed by atoms with E-state index in [1.54, 1.807) is 12.3 Å². The van der Waals surface area contributed by atoms with Crippen LogP contribution in [-0.2, 0) is 9.05 Å². The molecule has 0 N–H and O–H groups in total. The van der Waals surface area contributed by atoms with Gasteiger partial charge in [-0.2, -0.15) is 0 Å². The summed E-state index contributed by atoms with van der Waals surface area (Å²) in [6.45, 7) is 4.46. The second kappa shape index (κ2) is 6.03. The van der Waals surface area contributed by atoms with Gasteiger partial charge < -0.3 is 4.90 Å². The number of likely N-dealkylation sites (tertiary alicyclic amines) is 1. The maximum Gasteiger partial charge on any atom is 0.271 e. The van der Waals surface area contributed by atoms with E-state index < -0.39 is 9.05 Å². The Morgan fingerprint density at radius 1 is 1.50 bits per heavy atom. The van der Waals surface area contributed by atoms with Gasteiger partial charge in [-0.1, -0.05) is 6.92 Å². The molecule has 1 amide bonds. The van der Waals surface area contributed by atoms with Crippen LogP contribution in [-0.4, -0.2) is 31.8 Å². The highest BCUT2D eigenvalue weighted by molar-refractivity contribution is 8.15. The molecule has 0 bridgehead atoms. The van der Waals surface area contributed by atoms with Crippen LogP contribution in [0.15, 0.2) is 9.59 Å². The quantitative estimate of drug-likeness (QED) is 0.795. The predicted molar refractivity (Wildman–Crippen MR) is 81.1 cm³/mol. The van der Waals surface area contributed by atoms with E-state index in [1.165, 1.54) is 0 Å². The Kier molecular flexibility index (Phi) is 4.76. The number of carbonyl (C=O) groups is 1. The lowest BCUT2D eigenvalue weighted by Gasteiger charge is -2.35. The molecule has 1 aliphatic heterocycles. The van der Waals surface area contributed by atoms with E-state index in [1.807, 2.05) is 4.90 Å². The zero-order chi connectivity index (χ0) is 14.9. The summed E-state index contributed by atoms with van der Waals surface area (Å²) >= 11 is 1.02. The van der Waals surface area contributed by atoms with Crippen LogP contribution in [0.2, 0.25) is 0 Å². The fourth-order valence-electron chi connectivity index (χ4n) is 2.70. The highest BCUT2D eigenvalue weighted by Gasteiger charge is 2.29. The summed E-state index contributed by atoms with van der Waals surface area (Å²) in [5.41, 5.74) is 0.935. The van der Waals surface area contributed by atoms with Crippen LogP contribution in [0.1, 0.15) is 48.5 Å². The molecule has 2 rings (SSSR count). The highest BCUT2D eigenvalue weighted by atomic mass is 35.7. The topological polar surface area (TPSA) is 54.5 Å². The molecule has 1 aliphatic rings. The highest BCUT2D eigenvalue weighted by Crippen LogP contribution is 2.31. The molecular weight excluding hydrogens is 318 g/mol. The Hall–Kier alpha value is -0.590. The fraction of sp³-hybridized carbons (Fsp3) is 0.615. The average molecular weight is 336 g/mol. The van der Waals surface area contributed by atoms with Crippen molar-refractivity contribution in [2.24, 2.45) is 0 Å². The van der Waals surface area contributed by atoms with Crippen LogP contribution in [0, 0.1) is 6.92 Å². The van der Waals surface area contributed by atoms with Crippen molar-refractivity contribution in [2.45, 2.75) is 49.8 Å². The summed E-state index contributed by atoms with van der Waals surface area (Å²) in [6, 6.07) is 0.256. The Balaban J connectivity index is 2.32. The summed E-state index contributed by atoms with van der Waals surface area (Å²) in [4.78, 5) is 14.5. The summed E-state index contributed by atoms with van der Waals surface area (Å²) in [7, 11) is 1.61. The van der Waals surface area contributed by atoms with Gasteiger partial charge in [0, 0.05) is 28.6 Å². The number of amides is 1. The SMILES string of the molecule is CCC1CCCCN1C(=O)c1csc(S(=O)(=O)Cl)c1C. The molecule has 0 aromatic carbocycles. The standard InChI is InChI=1S/C13H18ClNO3S2/c1-3-10-6-4-5-7-15(10)12(16)11-8-19-13(9(11)2)20(14,17)18/h8,10H,3-7H2,1-2H3. The lowest BCUT2D eigenvalue weighted by Crippen LogP contribution is -2.43. The number of piperidine rings is 1. The van der Waals surface area contributed by atoms with Gasteiger partial charge in [0.15, 0.2) is 0 Å². The average Bonchev–Trinajstić information content (AvgIpc) is 2.79. The number of hydrogen-bond donors (Lipinski definition) is 0. The molecule has 20 heavy (non-hydrogen) atoms. The number of carbonyl (C=O) groups excluding carboxylic acids is 1. The van der Waals surface area contributed by atoms with Crippen LogP contribution in [0.3, 0.4) is 0 Å². The van der Waals surface area contributed by atoms with E-state index in [0.29, 0.717) is 11.1 Å². The van der Waals surface area contributed by atoms with Gasteiger partial charge in [0.25, 0.3) is 15.0 Å². The zero-order valence-corrected chi connectivity index (χ0v) is 13.9. The van der Waals surface area contributed by atoms with Crippen LogP contribution in [0.4, 0.5) is 0 Å². The van der Waals surface area contributed by atoms with Crippen molar-refractivity contribution in [2.75, 3.05) is 6.54 Å². The predicted octanol–water partition coefficient (Wildman–Crippen LogP) is 3.39. The van der Waals surface area contributed by atoms with Crippen LogP contribution in [0.25, 0.3) is 0 Å². The second-order valence-corrected chi connectivity index (χ2v) is 8.70. The molecule has 0 radical (unpaired) electrons. The first-order valence-corrected chi connectivity index (χ1v) is 9.89. The number of thiophene rings is 1. The Morgan fingerprint density at radius 3 is 2.75 bits per heavy atom. The molecule has 0 aliphatic carbocycles. The lowest BCUT2D eigenvalue weighted by atomic mass is 9.99. The molecule has 1 saturated heterocycles. The van der Waals surface area contributed by atoms with E-state index in [4.69, 9.17) is 10.7 Å². The maximum absolute atomic E-state index is 12.6. The molecule has 1 unspecified atom stereocenters. The van der Waals surface area contributed by atoms with Gasteiger partial charge in [-0.3, -0.25) is 4.79 Å². The van der Waals surface area contributed by atoms with Crippen LogP contribution < -0.4 is 0 Å². The third-order valence-corrected chi connectivity index (χ3v) is 7.11. The first-order valence-electron chi connectivity index (χ1n) is 6.70. The summed E-state index contributed by atoms with van der Waals surface area (Å²) in [5, 5.41) is 1.61. The van der Waals surface area contributed by atoms with Gasteiger partial charge in [-0.05, 0) is 38.2 Å². The Bertz CT molecular complexity index is 609. The van der Waals surface area contributed by atoms with E-state index in [-0.39, 0.29) is 16.2 Å². The molecule has 1 aromatic heterocycles. The van der Waals surface area contributed by atoms with Gasteiger partial charge in [0.05, 0.1) is 5.56 Å². The Morgan fingerprint density at radius 2 is 2.20 bits per heavy atom. The summed E-state index contributed by atoms with van der Waals surface area (Å²) in [6.07, 6.45) is 4.10. The number of nitrogens with zero attached hydrogens (tertiary/aromatic N) is 1. The minimum atomic E-state index is -3.78. The van der Waals surface area contributed by atoms with E-state index >= 15 is 0 Å². The summed E-state index contributed by atoms with van der Waals surface area (Å²) in [5.74, 6) is -0.0723. The van der Waals surface area contributed by atoms with Gasteiger partial charge in [0.1, 0.15) is 4.21 Å². The molecule has 112 valence electrons. The summed E-state index contributed by atoms with van der Waals surface area (Å²) < 4.78 is 23.0. The van der Waals surface area contributed by atoms with Crippen molar-refractivity contribution in [3.05, 3.63) is 16.5 Å². The van der Waals surface area contributed by atoms with Gasteiger partial charge >= 0.3 is 0 Å². The molecule has 7 heteroatoms. The van der Waals surface area contributed by atoms with E-state index in [0.717, 1.165) is 43.6 Å². The van der Waals surface area contributed by atoms with Crippen LogP contribution >= 0.6 is 22.0 Å². The fourth-order valence-corrected chi connectivity index (χ4v) is 5.24. The molecule has 1 atom stereocenters. The lowest BCUT2D eigenvalue weighted by molar-refractivity contribution is 0.0607. The van der Waals surface area contributed by atoms with Crippen LogP contribution in [0.5, 0.6) is 0 Å². The van der Waals surface area contributed by atoms with Crippen molar-refractivity contribution < 1.29 is 13.2 Å². The number of hydrogen-bond acceptors (Lipinski definition) is 4. The third-order valence-electron chi connectivity index (χ3n) is 3.81. The molecular formula is C13H18ClNO3S2. The van der Waals surface area contributed by atoms with Gasteiger partial charge in [-0.25, -0.2) is 8.42 Å².